The minimum atomic E-state index is -0.501. The Hall–Kier alpha value is -3.65. The third kappa shape index (κ3) is 4.85. The summed E-state index contributed by atoms with van der Waals surface area (Å²) in [5.41, 5.74) is 4.02. The standard InChI is InChI=1S/C29H34FN5O2/c1-20-18-21(19-32(20)2)27-26(22-8-4-5-9-23(22)29(37)33(27)3)28(36)31-12-13-34-14-16-35(17-15-34)25-11-7-6-10-24(25)30/h4-11,18-19,26-27H,12-17H2,1-3H3,(H,31,36). The molecule has 2 unspecified atom stereocenters. The SMILES string of the molecule is Cc1cc(C2C(C(=O)NCCN3CCN(c4ccccc4F)CC3)c3ccccc3C(=O)N2C)cn1C. The van der Waals surface area contributed by atoms with Crippen LogP contribution in [0.2, 0.25) is 0 Å². The molecule has 1 saturated heterocycles. The molecule has 5 rings (SSSR count). The number of nitrogens with zero attached hydrogens (tertiary/aromatic N) is 4. The minimum absolute atomic E-state index is 0.0705. The number of aromatic nitrogens is 1. The third-order valence-electron chi connectivity index (χ3n) is 7.77. The van der Waals surface area contributed by atoms with E-state index in [4.69, 9.17) is 0 Å². The lowest BCUT2D eigenvalue weighted by atomic mass is 9.80. The zero-order chi connectivity index (χ0) is 26.1. The van der Waals surface area contributed by atoms with Gasteiger partial charge in [0.05, 0.1) is 17.6 Å². The van der Waals surface area contributed by atoms with E-state index < -0.39 is 5.92 Å². The first-order chi connectivity index (χ1) is 17.8. The number of carbonyl (C=O) groups is 2. The molecular weight excluding hydrogens is 469 g/mol. The maximum atomic E-state index is 14.1. The molecule has 2 aliphatic rings. The number of rotatable bonds is 6. The summed E-state index contributed by atoms with van der Waals surface area (Å²) in [4.78, 5) is 32.9. The highest BCUT2D eigenvalue weighted by Crippen LogP contribution is 2.42. The van der Waals surface area contributed by atoms with Gasteiger partial charge < -0.3 is 19.7 Å². The van der Waals surface area contributed by atoms with Crippen molar-refractivity contribution in [3.05, 3.63) is 89.0 Å². The molecule has 2 amide bonds. The van der Waals surface area contributed by atoms with Crippen LogP contribution in [0.3, 0.4) is 0 Å². The molecule has 1 fully saturated rings. The molecule has 3 heterocycles. The van der Waals surface area contributed by atoms with E-state index in [9.17, 15) is 14.0 Å². The van der Waals surface area contributed by atoms with Crippen LogP contribution in [-0.2, 0) is 11.8 Å². The lowest BCUT2D eigenvalue weighted by Gasteiger charge is -2.39. The Balaban J connectivity index is 1.26. The van der Waals surface area contributed by atoms with Crippen molar-refractivity contribution >= 4 is 17.5 Å². The largest absolute Gasteiger partial charge is 0.367 e. The second kappa shape index (κ2) is 10.4. The predicted octanol–water partition coefficient (Wildman–Crippen LogP) is 3.32. The molecular formula is C29H34FN5O2. The molecule has 1 aromatic heterocycles. The van der Waals surface area contributed by atoms with Crippen LogP contribution >= 0.6 is 0 Å². The minimum Gasteiger partial charge on any atom is -0.367 e. The van der Waals surface area contributed by atoms with Crippen LogP contribution in [0.15, 0.2) is 60.8 Å². The van der Waals surface area contributed by atoms with Crippen LogP contribution in [0, 0.1) is 12.7 Å². The lowest BCUT2D eigenvalue weighted by molar-refractivity contribution is -0.124. The second-order valence-electron chi connectivity index (χ2n) is 10.0. The molecule has 8 heteroatoms. The quantitative estimate of drug-likeness (QED) is 0.561. The van der Waals surface area contributed by atoms with Crippen molar-refractivity contribution in [2.24, 2.45) is 7.05 Å². The van der Waals surface area contributed by atoms with E-state index in [-0.39, 0.29) is 23.7 Å². The van der Waals surface area contributed by atoms with Crippen LogP contribution in [0.25, 0.3) is 0 Å². The van der Waals surface area contributed by atoms with Crippen molar-refractivity contribution in [3.8, 4) is 0 Å². The van der Waals surface area contributed by atoms with Gasteiger partial charge in [0.1, 0.15) is 5.82 Å². The van der Waals surface area contributed by atoms with Crippen LogP contribution in [0.4, 0.5) is 10.1 Å². The summed E-state index contributed by atoms with van der Waals surface area (Å²) in [6.45, 7) is 6.34. The number of piperazine rings is 1. The van der Waals surface area contributed by atoms with Crippen molar-refractivity contribution in [1.29, 1.82) is 0 Å². The fourth-order valence-electron chi connectivity index (χ4n) is 5.61. The summed E-state index contributed by atoms with van der Waals surface area (Å²) in [5, 5.41) is 3.15. The zero-order valence-corrected chi connectivity index (χ0v) is 21.7. The van der Waals surface area contributed by atoms with Gasteiger partial charge in [0.25, 0.3) is 5.91 Å². The molecule has 7 nitrogen and oxygen atoms in total. The number of anilines is 1. The van der Waals surface area contributed by atoms with Gasteiger partial charge >= 0.3 is 0 Å². The fraction of sp³-hybridized carbons (Fsp3) is 0.379. The molecule has 37 heavy (non-hydrogen) atoms. The summed E-state index contributed by atoms with van der Waals surface area (Å²) in [5.74, 6) is -0.844. The van der Waals surface area contributed by atoms with Crippen molar-refractivity contribution in [2.75, 3.05) is 51.2 Å². The van der Waals surface area contributed by atoms with E-state index >= 15 is 0 Å². The maximum absolute atomic E-state index is 14.1. The first kappa shape index (κ1) is 25.0. The van der Waals surface area contributed by atoms with Gasteiger partial charge in [-0.2, -0.15) is 0 Å². The zero-order valence-electron chi connectivity index (χ0n) is 21.7. The average molecular weight is 504 g/mol. The predicted molar refractivity (Wildman–Crippen MR) is 142 cm³/mol. The molecule has 0 radical (unpaired) electrons. The van der Waals surface area contributed by atoms with Gasteiger partial charge in [0.15, 0.2) is 0 Å². The average Bonchev–Trinajstić information content (AvgIpc) is 3.24. The van der Waals surface area contributed by atoms with Gasteiger partial charge in [-0.3, -0.25) is 14.5 Å². The molecule has 3 aromatic rings. The Kier molecular flexibility index (Phi) is 7.02. The Morgan fingerprint density at radius 2 is 1.73 bits per heavy atom. The van der Waals surface area contributed by atoms with Crippen LogP contribution in [0.5, 0.6) is 0 Å². The molecule has 0 bridgehead atoms. The van der Waals surface area contributed by atoms with E-state index in [0.29, 0.717) is 17.8 Å². The van der Waals surface area contributed by atoms with Gasteiger partial charge in [-0.25, -0.2) is 4.39 Å². The van der Waals surface area contributed by atoms with Gasteiger partial charge in [-0.1, -0.05) is 30.3 Å². The molecule has 0 spiro atoms. The van der Waals surface area contributed by atoms with E-state index in [2.05, 4.69) is 21.2 Å². The Morgan fingerprint density at radius 3 is 2.43 bits per heavy atom. The number of hydrogen-bond acceptors (Lipinski definition) is 4. The Morgan fingerprint density at radius 1 is 1.03 bits per heavy atom. The second-order valence-corrected chi connectivity index (χ2v) is 10.0. The normalized spacial score (nSPS) is 20.2. The molecule has 2 aliphatic heterocycles. The molecule has 0 saturated carbocycles. The smallest absolute Gasteiger partial charge is 0.254 e. The number of nitrogens with one attached hydrogen (secondary N) is 1. The topological polar surface area (TPSA) is 60.8 Å². The molecule has 2 aromatic carbocycles. The fourth-order valence-corrected chi connectivity index (χ4v) is 5.61. The first-order valence-electron chi connectivity index (χ1n) is 12.8. The van der Waals surface area contributed by atoms with Gasteiger partial charge in [-0.15, -0.1) is 0 Å². The van der Waals surface area contributed by atoms with Crippen molar-refractivity contribution in [2.45, 2.75) is 18.9 Å². The first-order valence-corrected chi connectivity index (χ1v) is 12.8. The van der Waals surface area contributed by atoms with Crippen LogP contribution in [-0.4, -0.2) is 72.5 Å². The van der Waals surface area contributed by atoms with E-state index in [1.165, 1.54) is 6.07 Å². The molecule has 2 atom stereocenters. The molecule has 0 aliphatic carbocycles. The summed E-state index contributed by atoms with van der Waals surface area (Å²) >= 11 is 0. The number of carbonyl (C=O) groups excluding carboxylic acids is 2. The number of amides is 2. The summed E-state index contributed by atoms with van der Waals surface area (Å²) in [6.07, 6.45) is 2.01. The van der Waals surface area contributed by atoms with Crippen molar-refractivity contribution in [3.63, 3.8) is 0 Å². The number of halogens is 1. The van der Waals surface area contributed by atoms with Crippen molar-refractivity contribution in [1.82, 2.24) is 19.7 Å². The van der Waals surface area contributed by atoms with Gasteiger partial charge in [-0.05, 0) is 42.3 Å². The number of benzene rings is 2. The summed E-state index contributed by atoms with van der Waals surface area (Å²) in [6, 6.07) is 16.0. The number of fused-ring (bicyclic) bond motifs is 1. The molecule has 1 N–H and O–H groups in total. The monoisotopic (exact) mass is 503 g/mol. The van der Waals surface area contributed by atoms with E-state index in [1.54, 1.807) is 24.1 Å². The number of aryl methyl sites for hydroxylation is 2. The summed E-state index contributed by atoms with van der Waals surface area (Å²) < 4.78 is 16.2. The highest BCUT2D eigenvalue weighted by atomic mass is 19.1. The third-order valence-corrected chi connectivity index (χ3v) is 7.77. The Bertz CT molecular complexity index is 1280. The van der Waals surface area contributed by atoms with Crippen LogP contribution in [0.1, 0.15) is 39.1 Å². The van der Waals surface area contributed by atoms with Crippen molar-refractivity contribution < 1.29 is 14.0 Å². The van der Waals surface area contributed by atoms with Gasteiger partial charge in [0.2, 0.25) is 5.91 Å². The highest BCUT2D eigenvalue weighted by Gasteiger charge is 2.42. The number of hydrogen-bond donors (Lipinski definition) is 1. The van der Waals surface area contributed by atoms with E-state index in [0.717, 1.165) is 49.5 Å². The maximum Gasteiger partial charge on any atom is 0.254 e. The number of para-hydroxylation sites is 1. The lowest BCUT2D eigenvalue weighted by Crippen LogP contribution is -2.50. The number of likely N-dealkylation sites (N-methyl/N-ethyl adjacent to an activating group) is 1. The van der Waals surface area contributed by atoms with E-state index in [1.807, 2.05) is 55.1 Å². The van der Waals surface area contributed by atoms with Crippen LogP contribution < -0.4 is 10.2 Å². The highest BCUT2D eigenvalue weighted by molar-refractivity contribution is 6.01. The molecule has 194 valence electrons. The van der Waals surface area contributed by atoms with Gasteiger partial charge in [0, 0.05) is 70.8 Å². The Labute approximate surface area is 217 Å². The summed E-state index contributed by atoms with van der Waals surface area (Å²) in [7, 11) is 3.75.